The monoisotopic (exact) mass is 1040 g/mol. The molecule has 0 aliphatic carbocycles. The number of aliphatic carboxylic acids is 2. The summed E-state index contributed by atoms with van der Waals surface area (Å²) >= 11 is 0. The molecule has 0 unspecified atom stereocenters. The van der Waals surface area contributed by atoms with Gasteiger partial charge in [-0.15, -0.1) is 0 Å². The third-order valence-corrected chi connectivity index (χ3v) is 14.7. The highest BCUT2D eigenvalue weighted by Gasteiger charge is 2.45. The Morgan fingerprint density at radius 3 is 2.36 bits per heavy atom. The Morgan fingerprint density at radius 2 is 1.67 bits per heavy atom. The number of piperidine rings is 2. The second-order valence-corrected chi connectivity index (χ2v) is 19.4. The number of aryl methyl sites for hydroxylation is 1. The number of aromatic nitrogens is 6. The molecule has 4 aromatic heterocycles. The number of carboxylic acid groups (broad SMARTS) is 2. The summed E-state index contributed by atoms with van der Waals surface area (Å²) in [6.07, 6.45) is 7.23. The molecule has 2 amide bonds. The van der Waals surface area contributed by atoms with Crippen molar-refractivity contribution in [1.29, 1.82) is 0 Å². The molecule has 6 aromatic rings. The van der Waals surface area contributed by atoms with Gasteiger partial charge in [-0.3, -0.25) is 14.4 Å². The minimum absolute atomic E-state index is 0.0138. The molecule has 2 saturated heterocycles. The number of carbonyl (C=O) groups is 5. The van der Waals surface area contributed by atoms with Crippen molar-refractivity contribution in [1.82, 2.24) is 44.6 Å². The quantitative estimate of drug-likeness (QED) is 0.0874. The van der Waals surface area contributed by atoms with Crippen LogP contribution in [0.4, 0.5) is 22.2 Å². The Bertz CT molecular complexity index is 3320. The van der Waals surface area contributed by atoms with E-state index in [1.54, 1.807) is 42.0 Å². The molecule has 0 spiro atoms. The predicted molar refractivity (Wildman–Crippen MR) is 278 cm³/mol. The number of ether oxygens (including phenoxy) is 2. The van der Waals surface area contributed by atoms with E-state index in [2.05, 4.69) is 37.1 Å². The number of carbonyl (C=O) groups excluding carboxylic acids is 3. The fraction of sp³-hybridized carbons (Fsp3) is 0.415. The lowest BCUT2D eigenvalue weighted by atomic mass is 9.86. The van der Waals surface area contributed by atoms with Crippen LogP contribution in [0.1, 0.15) is 104 Å². The van der Waals surface area contributed by atoms with Crippen molar-refractivity contribution in [2.24, 2.45) is 0 Å². The molecule has 8 N–H and O–H groups in total. The average Bonchev–Trinajstić information content (AvgIpc) is 3.82. The van der Waals surface area contributed by atoms with Gasteiger partial charge < -0.3 is 60.8 Å². The maximum atomic E-state index is 13.6. The predicted octanol–water partition coefficient (Wildman–Crippen LogP) is 4.36. The Kier molecular flexibility index (Phi) is 15.1. The van der Waals surface area contributed by atoms with E-state index in [0.29, 0.717) is 83.8 Å². The molecular weight excluding hydrogens is 981 g/mol. The molecule has 2 atom stereocenters. The SMILES string of the molecule is CCc1c2c(nc3ccc(OC(=O)N4CCC(N5CCCCC5)CC4)cc13)-c1cc3c(c(=O)n1C2)COC(=O)[C@]3(O)CC.CN(Cc1cnc2nc(N)nc(N)c2n1)c1ccc(C(=O)N[C@@H](CCC(=O)O)C(=O)O)cc1. The average molecular weight is 1040 g/mol. The molecule has 0 bridgehead atoms. The Hall–Kier alpha value is -8.31. The zero-order chi connectivity index (χ0) is 54.0. The number of nitrogens with zero attached hydrogens (tertiary/aromatic N) is 9. The first-order chi connectivity index (χ1) is 36.5. The number of likely N-dealkylation sites (tertiary alicyclic amines) is 2. The van der Waals surface area contributed by atoms with Gasteiger partial charge >= 0.3 is 24.0 Å². The van der Waals surface area contributed by atoms with E-state index in [9.17, 15) is 39.0 Å². The second-order valence-electron chi connectivity index (χ2n) is 19.4. The number of aliphatic hydroxyl groups is 1. The number of anilines is 3. The smallest absolute Gasteiger partial charge is 0.415 e. The minimum Gasteiger partial charge on any atom is -0.481 e. The summed E-state index contributed by atoms with van der Waals surface area (Å²) in [6, 6.07) is 12.9. The first-order valence-electron chi connectivity index (χ1n) is 25.4. The molecule has 8 heterocycles. The molecule has 10 rings (SSSR count). The van der Waals surface area contributed by atoms with Crippen LogP contribution < -0.4 is 32.0 Å². The van der Waals surface area contributed by atoms with Gasteiger partial charge in [0, 0.05) is 60.4 Å². The number of benzene rings is 2. The number of hydrogen-bond acceptors (Lipinski definition) is 18. The van der Waals surface area contributed by atoms with Crippen LogP contribution in [0.3, 0.4) is 0 Å². The highest BCUT2D eigenvalue weighted by atomic mass is 16.6. The maximum Gasteiger partial charge on any atom is 0.415 e. The van der Waals surface area contributed by atoms with Crippen molar-refractivity contribution in [2.45, 2.75) is 109 Å². The summed E-state index contributed by atoms with van der Waals surface area (Å²) in [5.74, 6) is -3.17. The van der Waals surface area contributed by atoms with E-state index in [1.807, 2.05) is 29.0 Å². The standard InChI is InChI=1S/C33H38N4O6.C20H22N8O5/c1-3-22-23-16-21(43-32(40)36-14-10-20(11-15-36)35-12-6-5-7-13-35)8-9-27(23)34-29-24(22)18-37-28(29)17-26-25(30(37)38)19-42-31(39)33(26,41)4-2;1-28(9-11-8-23-17-15(24-11)16(21)26-20(22)27-17)12-4-2-10(3-5-12)18(31)25-13(19(32)33)6-7-14(29)30/h8-9,16-17,20,41H,3-7,10-15,18-19H2,1-2H3;2-5,8,13H,6-7,9H2,1H3,(H,25,31)(H,29,30)(H,32,33)(H4,21,22,23,26,27)/t33-;13-/m00/s1. The van der Waals surface area contributed by atoms with Crippen LogP contribution in [0.5, 0.6) is 5.75 Å². The Labute approximate surface area is 435 Å². The number of fused-ring (bicyclic) bond motifs is 6. The minimum atomic E-state index is -1.86. The zero-order valence-corrected chi connectivity index (χ0v) is 42.5. The van der Waals surface area contributed by atoms with Gasteiger partial charge in [0.2, 0.25) is 5.95 Å². The van der Waals surface area contributed by atoms with E-state index in [0.717, 1.165) is 40.6 Å². The van der Waals surface area contributed by atoms with Gasteiger partial charge in [0.1, 0.15) is 18.4 Å². The number of pyridine rings is 2. The zero-order valence-electron chi connectivity index (χ0n) is 42.5. The summed E-state index contributed by atoms with van der Waals surface area (Å²) < 4.78 is 12.7. The molecule has 23 nitrogen and oxygen atoms in total. The Morgan fingerprint density at radius 1 is 0.934 bits per heavy atom. The van der Waals surface area contributed by atoms with Crippen LogP contribution in [0.15, 0.2) is 59.5 Å². The number of rotatable bonds is 13. The lowest BCUT2D eigenvalue weighted by Gasteiger charge is -2.39. The molecule has 23 heteroatoms. The maximum absolute atomic E-state index is 13.6. The summed E-state index contributed by atoms with van der Waals surface area (Å²) in [4.78, 5) is 101. The topological polar surface area (TPSA) is 325 Å². The summed E-state index contributed by atoms with van der Waals surface area (Å²) in [5.41, 5.74) is 16.0. The normalized spacial score (nSPS) is 17.6. The van der Waals surface area contributed by atoms with Crippen LogP contribution in [-0.2, 0) is 50.8 Å². The number of hydrogen-bond donors (Lipinski definition) is 6. The van der Waals surface area contributed by atoms with Crippen molar-refractivity contribution in [3.63, 3.8) is 0 Å². The lowest BCUT2D eigenvalue weighted by molar-refractivity contribution is -0.172. The van der Waals surface area contributed by atoms with E-state index in [-0.39, 0.29) is 54.9 Å². The molecule has 4 aliphatic rings. The van der Waals surface area contributed by atoms with Crippen LogP contribution in [0.25, 0.3) is 33.5 Å². The largest absolute Gasteiger partial charge is 0.481 e. The number of esters is 1. The number of nitrogen functional groups attached to an aromatic ring is 2. The van der Waals surface area contributed by atoms with E-state index >= 15 is 0 Å². The number of carboxylic acids is 2. The molecule has 4 aliphatic heterocycles. The van der Waals surface area contributed by atoms with Gasteiger partial charge in [-0.25, -0.2) is 29.3 Å². The molecule has 2 fully saturated rings. The lowest BCUT2D eigenvalue weighted by Crippen LogP contribution is -2.48. The van der Waals surface area contributed by atoms with E-state index < -0.39 is 35.5 Å². The molecule has 0 radical (unpaired) electrons. The Balaban J connectivity index is 0.000000193. The molecule has 0 saturated carbocycles. The number of nitrogens with two attached hydrogens (primary N) is 2. The van der Waals surface area contributed by atoms with Crippen molar-refractivity contribution in [3.05, 3.63) is 98.6 Å². The first kappa shape index (κ1) is 52.5. The van der Waals surface area contributed by atoms with E-state index in [4.69, 9.17) is 31.0 Å². The number of cyclic esters (lactones) is 1. The van der Waals surface area contributed by atoms with Gasteiger partial charge in [0.05, 0.1) is 47.4 Å². The summed E-state index contributed by atoms with van der Waals surface area (Å²) in [7, 11) is 1.82. The third kappa shape index (κ3) is 10.6. The molecule has 398 valence electrons. The number of nitrogens with one attached hydrogen (secondary N) is 1. The molecule has 2 aromatic carbocycles. The van der Waals surface area contributed by atoms with Gasteiger partial charge in [0.15, 0.2) is 22.6 Å². The first-order valence-corrected chi connectivity index (χ1v) is 25.4. The van der Waals surface area contributed by atoms with Gasteiger partial charge in [0.25, 0.3) is 11.5 Å². The van der Waals surface area contributed by atoms with Crippen LogP contribution in [-0.4, -0.2) is 130 Å². The van der Waals surface area contributed by atoms with Gasteiger partial charge in [-0.2, -0.15) is 9.97 Å². The fourth-order valence-corrected chi connectivity index (χ4v) is 10.5. The second kappa shape index (κ2) is 21.9. The van der Waals surface area contributed by atoms with Crippen molar-refractivity contribution in [3.8, 4) is 17.1 Å². The van der Waals surface area contributed by atoms with Crippen LogP contribution in [0, 0.1) is 0 Å². The van der Waals surface area contributed by atoms with Crippen molar-refractivity contribution >= 4 is 69.4 Å². The van der Waals surface area contributed by atoms with E-state index in [1.165, 1.54) is 44.5 Å². The van der Waals surface area contributed by atoms with Crippen LogP contribution >= 0.6 is 0 Å². The van der Waals surface area contributed by atoms with Crippen LogP contribution in [0.2, 0.25) is 0 Å². The highest BCUT2D eigenvalue weighted by Crippen LogP contribution is 2.41. The van der Waals surface area contributed by atoms with Crippen molar-refractivity contribution in [2.75, 3.05) is 49.6 Å². The highest BCUT2D eigenvalue weighted by molar-refractivity contribution is 5.97. The molecular formula is C53H60N12O11. The summed E-state index contributed by atoms with van der Waals surface area (Å²) in [5, 5.41) is 32.3. The number of amides is 2. The van der Waals surface area contributed by atoms with Gasteiger partial charge in [-0.1, -0.05) is 20.3 Å². The third-order valence-electron chi connectivity index (χ3n) is 14.7. The summed E-state index contributed by atoms with van der Waals surface area (Å²) in [6.45, 7) is 8.02. The van der Waals surface area contributed by atoms with Crippen molar-refractivity contribution < 1.29 is 48.8 Å². The fourth-order valence-electron chi connectivity index (χ4n) is 10.5. The van der Waals surface area contributed by atoms with Gasteiger partial charge in [-0.05, 0) is 112 Å². The molecule has 76 heavy (non-hydrogen) atoms.